The van der Waals surface area contributed by atoms with E-state index in [0.29, 0.717) is 11.4 Å². The van der Waals surface area contributed by atoms with E-state index in [-0.39, 0.29) is 35.4 Å². The van der Waals surface area contributed by atoms with E-state index >= 15 is 0 Å². The second-order valence-corrected chi connectivity index (χ2v) is 5.96. The zero-order valence-corrected chi connectivity index (χ0v) is 15.3. The van der Waals surface area contributed by atoms with E-state index in [0.717, 1.165) is 0 Å². The predicted molar refractivity (Wildman–Crippen MR) is 95.7 cm³/mol. The van der Waals surface area contributed by atoms with Crippen LogP contribution in [0.3, 0.4) is 0 Å². The monoisotopic (exact) mass is 408 g/mol. The molecule has 0 radical (unpaired) electrons. The lowest BCUT2D eigenvalue weighted by molar-refractivity contribution is -0.385. The smallest absolute Gasteiger partial charge is 0.406 e. The fourth-order valence-electron chi connectivity index (χ4n) is 2.65. The summed E-state index contributed by atoms with van der Waals surface area (Å²) in [6.45, 7) is 3.22. The van der Waals surface area contributed by atoms with Gasteiger partial charge in [-0.1, -0.05) is 12.1 Å². The Balaban J connectivity index is 1.87. The van der Waals surface area contributed by atoms with Crippen LogP contribution in [0.25, 0.3) is 5.82 Å². The molecule has 0 saturated heterocycles. The summed E-state index contributed by atoms with van der Waals surface area (Å²) in [7, 11) is 0. The van der Waals surface area contributed by atoms with E-state index in [9.17, 15) is 23.3 Å². The van der Waals surface area contributed by atoms with Crippen molar-refractivity contribution in [1.82, 2.24) is 19.5 Å². The third kappa shape index (κ3) is 4.78. The second-order valence-electron chi connectivity index (χ2n) is 5.96. The normalized spacial score (nSPS) is 11.3. The van der Waals surface area contributed by atoms with Crippen molar-refractivity contribution in [3.8, 4) is 11.6 Å². The molecule has 0 spiro atoms. The van der Waals surface area contributed by atoms with E-state index in [1.165, 1.54) is 42.1 Å². The molecule has 12 heteroatoms. The van der Waals surface area contributed by atoms with Gasteiger partial charge in [-0.25, -0.2) is 9.97 Å². The summed E-state index contributed by atoms with van der Waals surface area (Å²) < 4.78 is 42.4. The van der Waals surface area contributed by atoms with E-state index < -0.39 is 11.3 Å². The van der Waals surface area contributed by atoms with Crippen LogP contribution in [0.1, 0.15) is 17.1 Å². The minimum atomic E-state index is -4.79. The molecule has 3 rings (SSSR count). The van der Waals surface area contributed by atoms with Gasteiger partial charge in [0.25, 0.3) is 0 Å². The average molecular weight is 408 g/mol. The summed E-state index contributed by atoms with van der Waals surface area (Å²) >= 11 is 0. The van der Waals surface area contributed by atoms with Crippen molar-refractivity contribution in [2.45, 2.75) is 26.8 Å². The van der Waals surface area contributed by atoms with Crippen molar-refractivity contribution in [2.24, 2.45) is 0 Å². The summed E-state index contributed by atoms with van der Waals surface area (Å²) in [5, 5.41) is 14.3. The van der Waals surface area contributed by atoms with Crippen molar-refractivity contribution >= 4 is 11.6 Å². The molecule has 0 saturated carbocycles. The van der Waals surface area contributed by atoms with E-state index in [1.807, 2.05) is 0 Å². The Labute approximate surface area is 162 Å². The van der Waals surface area contributed by atoms with Gasteiger partial charge in [0.15, 0.2) is 0 Å². The fraction of sp³-hybridized carbons (Fsp3) is 0.235. The Morgan fingerprint density at radius 1 is 1.28 bits per heavy atom. The van der Waals surface area contributed by atoms with Gasteiger partial charge >= 0.3 is 12.0 Å². The Morgan fingerprint density at radius 3 is 2.66 bits per heavy atom. The van der Waals surface area contributed by atoms with Crippen molar-refractivity contribution in [3.63, 3.8) is 0 Å². The molecule has 2 aromatic heterocycles. The molecule has 1 N–H and O–H groups in total. The van der Waals surface area contributed by atoms with Crippen molar-refractivity contribution in [2.75, 3.05) is 5.32 Å². The number of imidazole rings is 1. The van der Waals surface area contributed by atoms with Gasteiger partial charge < -0.3 is 10.1 Å². The van der Waals surface area contributed by atoms with Crippen LogP contribution in [-0.4, -0.2) is 30.8 Å². The lowest BCUT2D eigenvalue weighted by atomic mass is 10.2. The summed E-state index contributed by atoms with van der Waals surface area (Å²) in [6.07, 6.45) is -1.77. The first kappa shape index (κ1) is 20.0. The zero-order valence-electron chi connectivity index (χ0n) is 15.3. The number of nitro groups is 1. The number of benzene rings is 1. The van der Waals surface area contributed by atoms with Crippen LogP contribution in [-0.2, 0) is 6.54 Å². The highest BCUT2D eigenvalue weighted by atomic mass is 19.4. The maximum Gasteiger partial charge on any atom is 0.573 e. The summed E-state index contributed by atoms with van der Waals surface area (Å²) in [4.78, 5) is 23.2. The number of halogens is 3. The molecule has 0 aliphatic heterocycles. The number of nitrogens with zero attached hydrogens (tertiary/aromatic N) is 5. The molecular weight excluding hydrogens is 393 g/mol. The van der Waals surface area contributed by atoms with E-state index in [4.69, 9.17) is 0 Å². The number of anilines is 1. The van der Waals surface area contributed by atoms with Gasteiger partial charge in [0, 0.05) is 18.9 Å². The predicted octanol–water partition coefficient (Wildman–Crippen LogP) is 3.70. The number of alkyl halides is 3. The molecule has 0 unspecified atom stereocenters. The number of hydrogen-bond donors (Lipinski definition) is 1. The first-order valence-corrected chi connectivity index (χ1v) is 8.26. The number of hydrogen-bond acceptors (Lipinski definition) is 7. The topological polar surface area (TPSA) is 108 Å². The third-order valence-corrected chi connectivity index (χ3v) is 3.86. The molecule has 3 aromatic rings. The van der Waals surface area contributed by atoms with Crippen molar-refractivity contribution in [3.05, 3.63) is 63.9 Å². The van der Waals surface area contributed by atoms with Gasteiger partial charge in [-0.05, 0) is 31.5 Å². The van der Waals surface area contributed by atoms with Crippen LogP contribution < -0.4 is 10.1 Å². The Morgan fingerprint density at radius 2 is 2.03 bits per heavy atom. The van der Waals surface area contributed by atoms with Gasteiger partial charge in [-0.15, -0.1) is 13.2 Å². The highest BCUT2D eigenvalue weighted by molar-refractivity contribution is 5.54. The molecule has 1 aromatic carbocycles. The van der Waals surface area contributed by atoms with Crippen LogP contribution in [0.5, 0.6) is 5.75 Å². The quantitative estimate of drug-likeness (QED) is 0.489. The fourth-order valence-corrected chi connectivity index (χ4v) is 2.65. The van der Waals surface area contributed by atoms with Gasteiger partial charge in [0.1, 0.15) is 17.3 Å². The zero-order chi connectivity index (χ0) is 21.2. The third-order valence-electron chi connectivity index (χ3n) is 3.86. The Kier molecular flexibility index (Phi) is 5.35. The first-order chi connectivity index (χ1) is 13.6. The maximum atomic E-state index is 12.4. The highest BCUT2D eigenvalue weighted by Gasteiger charge is 2.31. The number of aryl methyl sites for hydroxylation is 2. The molecule has 0 bridgehead atoms. The molecule has 0 aliphatic rings. The second kappa shape index (κ2) is 7.73. The molecular formula is C17H15F3N6O3. The first-order valence-electron chi connectivity index (χ1n) is 8.26. The number of rotatable bonds is 6. The minimum absolute atomic E-state index is 0.0363. The van der Waals surface area contributed by atoms with Crippen LogP contribution in [0.4, 0.5) is 24.8 Å². The SMILES string of the molecule is Cc1nc(NCc2cccc(OC(F)(F)F)c2)nc(-n2ccnc2C)c1[N+](=O)[O-]. The molecule has 29 heavy (non-hydrogen) atoms. The average Bonchev–Trinajstić information content (AvgIpc) is 3.04. The molecule has 0 atom stereocenters. The minimum Gasteiger partial charge on any atom is -0.406 e. The highest BCUT2D eigenvalue weighted by Crippen LogP contribution is 2.27. The van der Waals surface area contributed by atoms with Gasteiger partial charge in [-0.2, -0.15) is 4.98 Å². The van der Waals surface area contributed by atoms with Crippen molar-refractivity contribution in [1.29, 1.82) is 0 Å². The van der Waals surface area contributed by atoms with Gasteiger partial charge in [-0.3, -0.25) is 14.7 Å². The van der Waals surface area contributed by atoms with Crippen LogP contribution in [0, 0.1) is 24.0 Å². The molecule has 9 nitrogen and oxygen atoms in total. The molecule has 0 fully saturated rings. The molecule has 152 valence electrons. The van der Waals surface area contributed by atoms with Gasteiger partial charge in [0.2, 0.25) is 11.8 Å². The number of ether oxygens (including phenoxy) is 1. The van der Waals surface area contributed by atoms with Crippen LogP contribution in [0.2, 0.25) is 0 Å². The molecule has 2 heterocycles. The summed E-state index contributed by atoms with van der Waals surface area (Å²) in [5.41, 5.74) is 0.341. The number of nitrogens with one attached hydrogen (secondary N) is 1. The molecule has 0 amide bonds. The Bertz CT molecular complexity index is 1050. The summed E-state index contributed by atoms with van der Waals surface area (Å²) in [6, 6.07) is 5.42. The lowest BCUT2D eigenvalue weighted by Crippen LogP contribution is -2.17. The lowest BCUT2D eigenvalue weighted by Gasteiger charge is -2.12. The van der Waals surface area contributed by atoms with E-state index in [2.05, 4.69) is 25.0 Å². The largest absolute Gasteiger partial charge is 0.573 e. The maximum absolute atomic E-state index is 12.4. The van der Waals surface area contributed by atoms with E-state index in [1.54, 1.807) is 13.0 Å². The van der Waals surface area contributed by atoms with Crippen molar-refractivity contribution < 1.29 is 22.8 Å². The number of aromatic nitrogens is 4. The Hall–Kier alpha value is -3.70. The van der Waals surface area contributed by atoms with Gasteiger partial charge in [0.05, 0.1) is 4.92 Å². The summed E-state index contributed by atoms with van der Waals surface area (Å²) in [5.74, 6) is 0.258. The standard InChI is InChI=1S/C17H15F3N6O3/c1-10-14(26(27)28)15(25-7-6-21-11(25)2)24-16(23-10)22-9-12-4-3-5-13(8-12)29-17(18,19)20/h3-8H,9H2,1-2H3,(H,22,23,24). The van der Waals surface area contributed by atoms with Crippen LogP contribution in [0.15, 0.2) is 36.7 Å². The van der Waals surface area contributed by atoms with Crippen LogP contribution >= 0.6 is 0 Å². The molecule has 0 aliphatic carbocycles.